The third-order valence-electron chi connectivity index (χ3n) is 2.89. The molecule has 0 bridgehead atoms. The van der Waals surface area contributed by atoms with E-state index in [0.717, 1.165) is 37.2 Å². The molecule has 0 rings (SSSR count). The predicted molar refractivity (Wildman–Crippen MR) is 74.8 cm³/mol. The van der Waals surface area contributed by atoms with Gasteiger partial charge in [-0.15, -0.1) is 0 Å². The van der Waals surface area contributed by atoms with E-state index in [-0.39, 0.29) is 10.5 Å². The van der Waals surface area contributed by atoms with Gasteiger partial charge in [-0.2, -0.15) is 0 Å². The number of hydrogen-bond donors (Lipinski definition) is 0. The van der Waals surface area contributed by atoms with Crippen LogP contribution in [0, 0.1) is 0 Å². The van der Waals surface area contributed by atoms with Crippen LogP contribution in [-0.2, 0) is 21.6 Å². The standard InChI is InChI=1S/C12H26O2S2/c1-5-7-9-15(13)11(3)12(4)16(14)10-8-6-2/h11-12H,5-10H2,1-4H3. The van der Waals surface area contributed by atoms with Crippen LogP contribution >= 0.6 is 0 Å². The van der Waals surface area contributed by atoms with Crippen LogP contribution in [0.15, 0.2) is 0 Å². The SMILES string of the molecule is CCCCS(=O)C(C)C(C)S(=O)CCCC. The zero-order chi connectivity index (χ0) is 12.6. The molecule has 2 nitrogen and oxygen atoms in total. The van der Waals surface area contributed by atoms with Crippen molar-refractivity contribution in [2.24, 2.45) is 0 Å². The molecule has 0 fully saturated rings. The molecule has 4 atom stereocenters. The molecule has 0 aromatic rings. The van der Waals surface area contributed by atoms with Crippen molar-refractivity contribution >= 4 is 21.6 Å². The summed E-state index contributed by atoms with van der Waals surface area (Å²) in [6, 6.07) is 0. The van der Waals surface area contributed by atoms with Gasteiger partial charge in [0, 0.05) is 43.6 Å². The molecule has 98 valence electrons. The summed E-state index contributed by atoms with van der Waals surface area (Å²) in [5, 5.41) is 0.119. The third kappa shape index (κ3) is 6.14. The zero-order valence-electron chi connectivity index (χ0n) is 11.0. The first-order valence-corrected chi connectivity index (χ1v) is 9.05. The molecule has 4 unspecified atom stereocenters. The van der Waals surface area contributed by atoms with Crippen molar-refractivity contribution in [2.45, 2.75) is 63.9 Å². The lowest BCUT2D eigenvalue weighted by Crippen LogP contribution is -2.31. The van der Waals surface area contributed by atoms with Crippen molar-refractivity contribution in [1.29, 1.82) is 0 Å². The Morgan fingerprint density at radius 1 is 0.812 bits per heavy atom. The Morgan fingerprint density at radius 2 is 1.12 bits per heavy atom. The van der Waals surface area contributed by atoms with Crippen molar-refractivity contribution in [2.75, 3.05) is 11.5 Å². The first-order chi connectivity index (χ1) is 7.54. The average molecular weight is 266 g/mol. The van der Waals surface area contributed by atoms with Gasteiger partial charge in [0.2, 0.25) is 0 Å². The van der Waals surface area contributed by atoms with Crippen LogP contribution in [0.25, 0.3) is 0 Å². The fourth-order valence-corrected chi connectivity index (χ4v) is 4.86. The summed E-state index contributed by atoms with van der Waals surface area (Å²) in [4.78, 5) is 0. The Kier molecular flexibility index (Phi) is 9.52. The number of unbranched alkanes of at least 4 members (excludes halogenated alkanes) is 2. The van der Waals surface area contributed by atoms with E-state index < -0.39 is 21.6 Å². The molecule has 0 aliphatic rings. The molecule has 0 amide bonds. The van der Waals surface area contributed by atoms with Crippen LogP contribution in [-0.4, -0.2) is 30.4 Å². The summed E-state index contributed by atoms with van der Waals surface area (Å²) in [6.07, 6.45) is 4.16. The highest BCUT2D eigenvalue weighted by Gasteiger charge is 2.22. The second-order valence-electron chi connectivity index (χ2n) is 4.29. The van der Waals surface area contributed by atoms with Gasteiger partial charge in [0.05, 0.1) is 0 Å². The van der Waals surface area contributed by atoms with E-state index in [1.54, 1.807) is 0 Å². The fourth-order valence-electron chi connectivity index (χ4n) is 1.37. The lowest BCUT2D eigenvalue weighted by atomic mass is 10.4. The highest BCUT2D eigenvalue weighted by atomic mass is 32.2. The van der Waals surface area contributed by atoms with Crippen molar-refractivity contribution in [3.8, 4) is 0 Å². The van der Waals surface area contributed by atoms with E-state index in [1.165, 1.54) is 0 Å². The van der Waals surface area contributed by atoms with Gasteiger partial charge in [-0.3, -0.25) is 8.42 Å². The fraction of sp³-hybridized carbons (Fsp3) is 1.00. The van der Waals surface area contributed by atoms with Crippen LogP contribution in [0.5, 0.6) is 0 Å². The Balaban J connectivity index is 4.09. The number of rotatable bonds is 9. The highest BCUT2D eigenvalue weighted by Crippen LogP contribution is 2.12. The maximum absolute atomic E-state index is 11.9. The van der Waals surface area contributed by atoms with Crippen molar-refractivity contribution < 1.29 is 8.42 Å². The molecule has 16 heavy (non-hydrogen) atoms. The van der Waals surface area contributed by atoms with Crippen molar-refractivity contribution in [3.05, 3.63) is 0 Å². The van der Waals surface area contributed by atoms with Crippen LogP contribution in [0.1, 0.15) is 53.4 Å². The monoisotopic (exact) mass is 266 g/mol. The second kappa shape index (κ2) is 9.34. The van der Waals surface area contributed by atoms with Gasteiger partial charge >= 0.3 is 0 Å². The van der Waals surface area contributed by atoms with Gasteiger partial charge < -0.3 is 0 Å². The van der Waals surface area contributed by atoms with Gasteiger partial charge in [-0.1, -0.05) is 26.7 Å². The maximum atomic E-state index is 11.9. The quantitative estimate of drug-likeness (QED) is 0.643. The normalized spacial score (nSPS) is 19.0. The second-order valence-corrected chi connectivity index (χ2v) is 8.11. The van der Waals surface area contributed by atoms with Crippen LogP contribution in [0.3, 0.4) is 0 Å². The van der Waals surface area contributed by atoms with Crippen LogP contribution in [0.2, 0.25) is 0 Å². The molecule has 0 N–H and O–H groups in total. The van der Waals surface area contributed by atoms with Crippen molar-refractivity contribution in [3.63, 3.8) is 0 Å². The molecular formula is C12H26O2S2. The Hall–Kier alpha value is 0.300. The first-order valence-electron chi connectivity index (χ1n) is 6.28. The Morgan fingerprint density at radius 3 is 1.38 bits per heavy atom. The molecular weight excluding hydrogens is 240 g/mol. The first kappa shape index (κ1) is 16.3. The summed E-state index contributed by atoms with van der Waals surface area (Å²) >= 11 is 0. The minimum absolute atomic E-state index is 0.0595. The Labute approximate surface area is 106 Å². The molecule has 0 radical (unpaired) electrons. The average Bonchev–Trinajstić information content (AvgIpc) is 2.30. The molecule has 0 aromatic heterocycles. The van der Waals surface area contributed by atoms with Gasteiger partial charge in [-0.25, -0.2) is 0 Å². The summed E-state index contributed by atoms with van der Waals surface area (Å²) in [6.45, 7) is 8.15. The van der Waals surface area contributed by atoms with E-state index in [4.69, 9.17) is 0 Å². The van der Waals surface area contributed by atoms with E-state index in [9.17, 15) is 8.42 Å². The molecule has 0 saturated carbocycles. The smallest absolute Gasteiger partial charge is 0.0460 e. The highest BCUT2D eigenvalue weighted by molar-refractivity contribution is 7.89. The summed E-state index contributed by atoms with van der Waals surface area (Å²) in [5.41, 5.74) is 0. The van der Waals surface area contributed by atoms with Crippen LogP contribution in [0.4, 0.5) is 0 Å². The number of hydrogen-bond acceptors (Lipinski definition) is 2. The van der Waals surface area contributed by atoms with Crippen LogP contribution < -0.4 is 0 Å². The van der Waals surface area contributed by atoms with Crippen molar-refractivity contribution in [1.82, 2.24) is 0 Å². The van der Waals surface area contributed by atoms with Gasteiger partial charge in [0.15, 0.2) is 0 Å². The molecule has 0 aliphatic carbocycles. The third-order valence-corrected chi connectivity index (χ3v) is 6.92. The van der Waals surface area contributed by atoms with E-state index in [2.05, 4.69) is 13.8 Å². The lowest BCUT2D eigenvalue weighted by molar-refractivity contribution is 0.652. The molecule has 0 spiro atoms. The molecule has 0 aromatic carbocycles. The van der Waals surface area contributed by atoms with Gasteiger partial charge in [0.1, 0.15) is 0 Å². The predicted octanol–water partition coefficient (Wildman–Crippen LogP) is 2.86. The largest absolute Gasteiger partial charge is 0.259 e. The van der Waals surface area contributed by atoms with E-state index in [0.29, 0.717) is 0 Å². The maximum Gasteiger partial charge on any atom is 0.0460 e. The lowest BCUT2D eigenvalue weighted by Gasteiger charge is -2.18. The van der Waals surface area contributed by atoms with Gasteiger partial charge in [0.25, 0.3) is 0 Å². The summed E-state index contributed by atoms with van der Waals surface area (Å²) in [7, 11) is -1.63. The minimum Gasteiger partial charge on any atom is -0.259 e. The Bertz CT molecular complexity index is 205. The minimum atomic E-state index is -0.814. The molecule has 0 aliphatic heterocycles. The van der Waals surface area contributed by atoms with E-state index >= 15 is 0 Å². The molecule has 4 heteroatoms. The zero-order valence-corrected chi connectivity index (χ0v) is 12.7. The molecule has 0 saturated heterocycles. The van der Waals surface area contributed by atoms with Gasteiger partial charge in [-0.05, 0) is 26.7 Å². The topological polar surface area (TPSA) is 34.1 Å². The van der Waals surface area contributed by atoms with E-state index in [1.807, 2.05) is 13.8 Å². The molecule has 0 heterocycles. The summed E-state index contributed by atoms with van der Waals surface area (Å²) in [5.74, 6) is 1.51. The summed E-state index contributed by atoms with van der Waals surface area (Å²) < 4.78 is 23.8.